The molecule has 1 heterocycles. The number of aldehydes is 1. The topological polar surface area (TPSA) is 46.6 Å². The minimum Gasteiger partial charge on any atom is -0.444 e. The van der Waals surface area contributed by atoms with E-state index < -0.39 is 11.0 Å². The summed E-state index contributed by atoms with van der Waals surface area (Å²) in [4.78, 5) is 26.8. The molecule has 1 aromatic rings. The van der Waals surface area contributed by atoms with Crippen molar-refractivity contribution in [2.75, 3.05) is 19.3 Å². The Morgan fingerprint density at radius 3 is 2.22 bits per heavy atom. The second-order valence-electron chi connectivity index (χ2n) is 6.97. The Morgan fingerprint density at radius 1 is 1.22 bits per heavy atom. The quantitative estimate of drug-likeness (QED) is 0.621. The average Bonchev–Trinajstić information content (AvgIpc) is 2.53. The molecule has 5 heteroatoms. The van der Waals surface area contributed by atoms with Crippen molar-refractivity contribution in [2.45, 2.75) is 49.5 Å². The first-order valence-electron chi connectivity index (χ1n) is 7.88. The lowest BCUT2D eigenvalue weighted by atomic mass is 9.74. The number of thioether (sulfide) groups is 1. The third-order valence-electron chi connectivity index (χ3n) is 4.20. The SMILES string of the molecule is CSc1ccc(C2(C=O)CCN(C(=O)OC(C)(C)C)CC2)cc1. The van der Waals surface area contributed by atoms with Gasteiger partial charge in [-0.3, -0.25) is 0 Å². The number of likely N-dealkylation sites (tertiary alicyclic amines) is 1. The van der Waals surface area contributed by atoms with Gasteiger partial charge in [-0.2, -0.15) is 0 Å². The monoisotopic (exact) mass is 335 g/mol. The zero-order valence-electron chi connectivity index (χ0n) is 14.3. The van der Waals surface area contributed by atoms with Gasteiger partial charge in [0, 0.05) is 18.0 Å². The van der Waals surface area contributed by atoms with Crippen molar-refractivity contribution in [3.63, 3.8) is 0 Å². The predicted molar refractivity (Wildman–Crippen MR) is 93.0 cm³/mol. The Kier molecular flexibility index (Phi) is 5.40. The molecule has 0 aliphatic carbocycles. The molecule has 0 bridgehead atoms. The molecule has 0 saturated carbocycles. The van der Waals surface area contributed by atoms with Crippen LogP contribution in [-0.4, -0.2) is 42.2 Å². The van der Waals surface area contributed by atoms with Crippen molar-refractivity contribution < 1.29 is 14.3 Å². The fraction of sp³-hybridized carbons (Fsp3) is 0.556. The van der Waals surface area contributed by atoms with E-state index >= 15 is 0 Å². The molecule has 1 amide bonds. The first kappa shape index (κ1) is 17.9. The first-order chi connectivity index (χ1) is 10.8. The third kappa shape index (κ3) is 4.28. The molecular formula is C18H25NO3S. The van der Waals surface area contributed by atoms with Crippen LogP contribution in [0.4, 0.5) is 4.79 Å². The van der Waals surface area contributed by atoms with Gasteiger partial charge in [0.15, 0.2) is 0 Å². The van der Waals surface area contributed by atoms with Gasteiger partial charge in [0.25, 0.3) is 0 Å². The number of amides is 1. The molecule has 2 rings (SSSR count). The highest BCUT2D eigenvalue weighted by Gasteiger charge is 2.38. The van der Waals surface area contributed by atoms with Crippen molar-refractivity contribution in [2.24, 2.45) is 0 Å². The van der Waals surface area contributed by atoms with Gasteiger partial charge in [0.2, 0.25) is 0 Å². The number of carbonyl (C=O) groups excluding carboxylic acids is 2. The van der Waals surface area contributed by atoms with Crippen molar-refractivity contribution in [3.8, 4) is 0 Å². The van der Waals surface area contributed by atoms with Gasteiger partial charge in [0.1, 0.15) is 11.9 Å². The fourth-order valence-corrected chi connectivity index (χ4v) is 3.22. The van der Waals surface area contributed by atoms with Crippen LogP contribution in [-0.2, 0) is 14.9 Å². The van der Waals surface area contributed by atoms with Crippen LogP contribution >= 0.6 is 11.8 Å². The number of piperidine rings is 1. The summed E-state index contributed by atoms with van der Waals surface area (Å²) < 4.78 is 5.41. The van der Waals surface area contributed by atoms with E-state index in [-0.39, 0.29) is 6.09 Å². The van der Waals surface area contributed by atoms with Gasteiger partial charge in [-0.15, -0.1) is 11.8 Å². The maximum Gasteiger partial charge on any atom is 0.410 e. The lowest BCUT2D eigenvalue weighted by Gasteiger charge is -2.39. The van der Waals surface area contributed by atoms with E-state index in [4.69, 9.17) is 4.74 Å². The molecular weight excluding hydrogens is 310 g/mol. The Hall–Kier alpha value is -1.49. The largest absolute Gasteiger partial charge is 0.444 e. The minimum atomic E-state index is -0.496. The normalized spacial score (nSPS) is 17.7. The van der Waals surface area contributed by atoms with Crippen LogP contribution in [0.3, 0.4) is 0 Å². The Balaban J connectivity index is 2.07. The van der Waals surface area contributed by atoms with Crippen LogP contribution in [0, 0.1) is 0 Å². The van der Waals surface area contributed by atoms with Gasteiger partial charge in [-0.1, -0.05) is 12.1 Å². The summed E-state index contributed by atoms with van der Waals surface area (Å²) in [6.45, 7) is 6.66. The number of hydrogen-bond acceptors (Lipinski definition) is 4. The molecule has 0 radical (unpaired) electrons. The second kappa shape index (κ2) is 6.95. The molecule has 0 aromatic heterocycles. The molecule has 0 N–H and O–H groups in total. The number of hydrogen-bond donors (Lipinski definition) is 0. The summed E-state index contributed by atoms with van der Waals surface area (Å²) in [5.74, 6) is 0. The Morgan fingerprint density at radius 2 is 1.78 bits per heavy atom. The second-order valence-corrected chi connectivity index (χ2v) is 7.85. The van der Waals surface area contributed by atoms with E-state index in [1.807, 2.05) is 51.3 Å². The van der Waals surface area contributed by atoms with Crippen LogP contribution in [0.15, 0.2) is 29.2 Å². The molecule has 1 aliphatic heterocycles. The zero-order valence-corrected chi connectivity index (χ0v) is 15.1. The fourth-order valence-electron chi connectivity index (χ4n) is 2.81. The standard InChI is InChI=1S/C18H25NO3S/c1-17(2,3)22-16(21)19-11-9-18(13-20,10-12-19)14-5-7-15(23-4)8-6-14/h5-8,13H,9-12H2,1-4H3. The van der Waals surface area contributed by atoms with Gasteiger partial charge < -0.3 is 14.4 Å². The molecule has 126 valence electrons. The molecule has 0 spiro atoms. The highest BCUT2D eigenvalue weighted by atomic mass is 32.2. The number of benzene rings is 1. The predicted octanol–water partition coefficient (Wildman–Crippen LogP) is 3.88. The lowest BCUT2D eigenvalue weighted by Crippen LogP contribution is -2.47. The van der Waals surface area contributed by atoms with E-state index in [2.05, 4.69) is 0 Å². The maximum absolute atomic E-state index is 12.1. The number of nitrogens with zero attached hydrogens (tertiary/aromatic N) is 1. The van der Waals surface area contributed by atoms with E-state index in [1.54, 1.807) is 16.7 Å². The summed E-state index contributed by atoms with van der Waals surface area (Å²) >= 11 is 1.68. The molecule has 4 nitrogen and oxygen atoms in total. The molecule has 1 saturated heterocycles. The molecule has 0 atom stereocenters. The number of carbonyl (C=O) groups is 2. The van der Waals surface area contributed by atoms with Crippen LogP contribution < -0.4 is 0 Å². The average molecular weight is 335 g/mol. The van der Waals surface area contributed by atoms with Crippen LogP contribution in [0.5, 0.6) is 0 Å². The first-order valence-corrected chi connectivity index (χ1v) is 9.11. The summed E-state index contributed by atoms with van der Waals surface area (Å²) in [6, 6.07) is 8.16. The van der Waals surface area contributed by atoms with Crippen LogP contribution in [0.25, 0.3) is 0 Å². The molecule has 0 unspecified atom stereocenters. The van der Waals surface area contributed by atoms with Crippen LogP contribution in [0.2, 0.25) is 0 Å². The summed E-state index contributed by atoms with van der Waals surface area (Å²) in [7, 11) is 0. The van der Waals surface area contributed by atoms with Gasteiger partial charge in [-0.05, 0) is 57.6 Å². The minimum absolute atomic E-state index is 0.297. The zero-order chi connectivity index (χ0) is 17.1. The maximum atomic E-state index is 12.1. The number of rotatable bonds is 3. The Labute approximate surface area is 142 Å². The molecule has 1 aromatic carbocycles. The highest BCUT2D eigenvalue weighted by Crippen LogP contribution is 2.35. The van der Waals surface area contributed by atoms with Crippen LogP contribution in [0.1, 0.15) is 39.2 Å². The van der Waals surface area contributed by atoms with E-state index in [9.17, 15) is 9.59 Å². The molecule has 23 heavy (non-hydrogen) atoms. The van der Waals surface area contributed by atoms with E-state index in [0.717, 1.165) is 11.8 Å². The third-order valence-corrected chi connectivity index (χ3v) is 4.94. The number of ether oxygens (including phenoxy) is 1. The van der Waals surface area contributed by atoms with Crippen molar-refractivity contribution in [3.05, 3.63) is 29.8 Å². The summed E-state index contributed by atoms with van der Waals surface area (Å²) in [5.41, 5.74) is 0.0495. The van der Waals surface area contributed by atoms with E-state index in [0.29, 0.717) is 25.9 Å². The smallest absolute Gasteiger partial charge is 0.410 e. The van der Waals surface area contributed by atoms with Crippen molar-refractivity contribution in [1.82, 2.24) is 4.90 Å². The lowest BCUT2D eigenvalue weighted by molar-refractivity contribution is -0.114. The Bertz CT molecular complexity index is 555. The van der Waals surface area contributed by atoms with E-state index in [1.165, 1.54) is 4.90 Å². The molecule has 1 fully saturated rings. The van der Waals surface area contributed by atoms with Gasteiger partial charge in [0.05, 0.1) is 5.41 Å². The summed E-state index contributed by atoms with van der Waals surface area (Å²) in [5, 5.41) is 0. The van der Waals surface area contributed by atoms with Crippen molar-refractivity contribution in [1.29, 1.82) is 0 Å². The highest BCUT2D eigenvalue weighted by molar-refractivity contribution is 7.98. The molecule has 1 aliphatic rings. The summed E-state index contributed by atoms with van der Waals surface area (Å²) in [6.07, 6.45) is 4.05. The van der Waals surface area contributed by atoms with Crippen molar-refractivity contribution >= 4 is 24.1 Å². The van der Waals surface area contributed by atoms with Gasteiger partial charge in [-0.25, -0.2) is 4.79 Å². The van der Waals surface area contributed by atoms with Gasteiger partial charge >= 0.3 is 6.09 Å².